The smallest absolute Gasteiger partial charge is 0.237 e. The maximum atomic E-state index is 12.2. The van der Waals surface area contributed by atoms with Gasteiger partial charge in [-0.05, 0) is 38.4 Å². The topological polar surface area (TPSA) is 71.5 Å². The number of piperidine rings is 1. The largest absolute Gasteiger partial charge is 0.467 e. The summed E-state index contributed by atoms with van der Waals surface area (Å²) in [4.78, 5) is 14.8. The Bertz CT molecular complexity index is 461. The van der Waals surface area contributed by atoms with Gasteiger partial charge in [0, 0.05) is 0 Å². The van der Waals surface area contributed by atoms with Crippen LogP contribution in [0.4, 0.5) is 0 Å². The number of hydrogen-bond acceptors (Lipinski definition) is 4. The number of furan rings is 1. The highest BCUT2D eigenvalue weighted by Gasteiger charge is 2.31. The van der Waals surface area contributed by atoms with Gasteiger partial charge in [-0.3, -0.25) is 9.69 Å². The van der Waals surface area contributed by atoms with E-state index >= 15 is 0 Å². The minimum absolute atomic E-state index is 0.0236. The van der Waals surface area contributed by atoms with E-state index in [4.69, 9.17) is 22.4 Å². The molecule has 0 spiro atoms. The van der Waals surface area contributed by atoms with Crippen LogP contribution in [-0.2, 0) is 11.3 Å². The van der Waals surface area contributed by atoms with Gasteiger partial charge in [0.1, 0.15) is 5.76 Å². The monoisotopic (exact) mass is 295 g/mol. The van der Waals surface area contributed by atoms with Crippen molar-refractivity contribution in [3.8, 4) is 0 Å². The zero-order valence-corrected chi connectivity index (χ0v) is 12.5. The third-order valence-electron chi connectivity index (χ3n) is 3.77. The van der Waals surface area contributed by atoms with Gasteiger partial charge in [-0.25, -0.2) is 0 Å². The average molecular weight is 295 g/mol. The Kier molecular flexibility index (Phi) is 5.14. The molecule has 20 heavy (non-hydrogen) atoms. The van der Waals surface area contributed by atoms with E-state index in [1.807, 2.05) is 13.0 Å². The third kappa shape index (κ3) is 3.58. The second-order valence-electron chi connectivity index (χ2n) is 5.12. The summed E-state index contributed by atoms with van der Waals surface area (Å²) in [6.45, 7) is 3.16. The SMILES string of the molecule is CC(C(=O)NCc1ccco1)N1CCCCC1C(N)=S. The molecule has 2 unspecified atom stereocenters. The molecule has 1 amide bonds. The standard InChI is InChI=1S/C14H21N3O2S/c1-10(14(18)16-9-11-5-4-8-19-11)17-7-3-2-6-12(17)13(15)20/h4-5,8,10,12H,2-3,6-7,9H2,1H3,(H2,15,20)(H,16,18). The molecule has 0 aromatic carbocycles. The van der Waals surface area contributed by atoms with Crippen molar-refractivity contribution in [2.45, 2.75) is 44.8 Å². The molecule has 0 radical (unpaired) electrons. The lowest BCUT2D eigenvalue weighted by Crippen LogP contribution is -2.55. The lowest BCUT2D eigenvalue weighted by molar-refractivity contribution is -0.127. The van der Waals surface area contributed by atoms with E-state index in [1.165, 1.54) is 0 Å². The number of hydrogen-bond donors (Lipinski definition) is 2. The second kappa shape index (κ2) is 6.85. The summed E-state index contributed by atoms with van der Waals surface area (Å²) >= 11 is 5.12. The van der Waals surface area contributed by atoms with Crippen LogP contribution in [0.3, 0.4) is 0 Å². The molecule has 110 valence electrons. The van der Waals surface area contributed by atoms with E-state index in [-0.39, 0.29) is 18.0 Å². The lowest BCUT2D eigenvalue weighted by Gasteiger charge is -2.38. The highest BCUT2D eigenvalue weighted by atomic mass is 32.1. The van der Waals surface area contributed by atoms with Crippen molar-refractivity contribution in [1.29, 1.82) is 0 Å². The Labute approximate surface area is 124 Å². The summed E-state index contributed by atoms with van der Waals surface area (Å²) < 4.78 is 5.20. The van der Waals surface area contributed by atoms with Gasteiger partial charge in [0.25, 0.3) is 0 Å². The average Bonchev–Trinajstić information content (AvgIpc) is 2.97. The van der Waals surface area contributed by atoms with Crippen molar-refractivity contribution >= 4 is 23.1 Å². The van der Waals surface area contributed by atoms with E-state index in [2.05, 4.69) is 10.2 Å². The summed E-state index contributed by atoms with van der Waals surface area (Å²) in [5.74, 6) is 0.722. The van der Waals surface area contributed by atoms with Crippen LogP contribution in [0, 0.1) is 0 Å². The molecule has 3 N–H and O–H groups in total. The number of likely N-dealkylation sites (tertiary alicyclic amines) is 1. The normalized spacial score (nSPS) is 21.4. The predicted octanol–water partition coefficient (Wildman–Crippen LogP) is 1.42. The fraction of sp³-hybridized carbons (Fsp3) is 0.571. The first-order valence-electron chi connectivity index (χ1n) is 6.94. The Hall–Kier alpha value is -1.40. The number of carbonyl (C=O) groups excluding carboxylic acids is 1. The minimum Gasteiger partial charge on any atom is -0.467 e. The van der Waals surface area contributed by atoms with Crippen molar-refractivity contribution < 1.29 is 9.21 Å². The first kappa shape index (κ1) is 15.0. The molecule has 5 nitrogen and oxygen atoms in total. The van der Waals surface area contributed by atoms with Crippen molar-refractivity contribution in [2.24, 2.45) is 5.73 Å². The minimum atomic E-state index is -0.239. The van der Waals surface area contributed by atoms with E-state index in [1.54, 1.807) is 12.3 Å². The number of amides is 1. The van der Waals surface area contributed by atoms with Crippen LogP contribution in [-0.4, -0.2) is 34.4 Å². The van der Waals surface area contributed by atoms with Crippen molar-refractivity contribution in [3.63, 3.8) is 0 Å². The van der Waals surface area contributed by atoms with Crippen molar-refractivity contribution in [1.82, 2.24) is 10.2 Å². The van der Waals surface area contributed by atoms with Gasteiger partial charge < -0.3 is 15.5 Å². The molecule has 1 fully saturated rings. The van der Waals surface area contributed by atoms with E-state index in [0.717, 1.165) is 31.6 Å². The molecule has 1 saturated heterocycles. The van der Waals surface area contributed by atoms with Gasteiger partial charge in [0.15, 0.2) is 0 Å². The molecule has 1 aromatic heterocycles. The van der Waals surface area contributed by atoms with Crippen LogP contribution >= 0.6 is 12.2 Å². The van der Waals surface area contributed by atoms with Gasteiger partial charge in [-0.15, -0.1) is 0 Å². The molecule has 2 rings (SSSR count). The maximum absolute atomic E-state index is 12.2. The molecule has 2 atom stereocenters. The molecular weight excluding hydrogens is 274 g/mol. The predicted molar refractivity (Wildman–Crippen MR) is 81.1 cm³/mol. The van der Waals surface area contributed by atoms with Crippen LogP contribution in [0.15, 0.2) is 22.8 Å². The highest BCUT2D eigenvalue weighted by molar-refractivity contribution is 7.80. The van der Waals surface area contributed by atoms with Gasteiger partial charge >= 0.3 is 0 Å². The number of nitrogens with zero attached hydrogens (tertiary/aromatic N) is 1. The Morgan fingerprint density at radius 1 is 1.65 bits per heavy atom. The van der Waals surface area contributed by atoms with E-state index in [9.17, 15) is 4.79 Å². The highest BCUT2D eigenvalue weighted by Crippen LogP contribution is 2.20. The van der Waals surface area contributed by atoms with Crippen molar-refractivity contribution in [3.05, 3.63) is 24.2 Å². The zero-order valence-electron chi connectivity index (χ0n) is 11.7. The van der Waals surface area contributed by atoms with E-state index < -0.39 is 0 Å². The Morgan fingerprint density at radius 3 is 3.10 bits per heavy atom. The number of nitrogens with two attached hydrogens (primary N) is 1. The third-order valence-corrected chi connectivity index (χ3v) is 4.04. The molecule has 0 aliphatic carbocycles. The summed E-state index contributed by atoms with van der Waals surface area (Å²) in [6.07, 6.45) is 4.72. The molecule has 1 aliphatic heterocycles. The molecule has 0 saturated carbocycles. The quantitative estimate of drug-likeness (QED) is 0.804. The summed E-state index contributed by atoms with van der Waals surface area (Å²) in [5.41, 5.74) is 5.79. The van der Waals surface area contributed by atoms with Crippen LogP contribution in [0.2, 0.25) is 0 Å². The van der Waals surface area contributed by atoms with Gasteiger partial charge in [-0.1, -0.05) is 18.6 Å². The molecular formula is C14H21N3O2S. The molecule has 0 bridgehead atoms. The van der Waals surface area contributed by atoms with Gasteiger partial charge in [-0.2, -0.15) is 0 Å². The lowest BCUT2D eigenvalue weighted by atomic mass is 10.00. The first-order chi connectivity index (χ1) is 9.59. The first-order valence-corrected chi connectivity index (χ1v) is 7.35. The fourth-order valence-corrected chi connectivity index (χ4v) is 2.86. The fourth-order valence-electron chi connectivity index (χ4n) is 2.61. The zero-order chi connectivity index (χ0) is 14.5. The van der Waals surface area contributed by atoms with Gasteiger partial charge in [0.2, 0.25) is 5.91 Å². The van der Waals surface area contributed by atoms with Crippen LogP contribution in [0.1, 0.15) is 31.9 Å². The van der Waals surface area contributed by atoms with Crippen LogP contribution in [0.25, 0.3) is 0 Å². The molecule has 1 aromatic rings. The van der Waals surface area contributed by atoms with Crippen LogP contribution in [0.5, 0.6) is 0 Å². The summed E-state index contributed by atoms with van der Waals surface area (Å²) in [7, 11) is 0. The number of carbonyl (C=O) groups is 1. The van der Waals surface area contributed by atoms with Crippen LogP contribution < -0.4 is 11.1 Å². The number of nitrogens with one attached hydrogen (secondary N) is 1. The molecule has 6 heteroatoms. The Morgan fingerprint density at radius 2 is 2.45 bits per heavy atom. The number of thiocarbonyl (C=S) groups is 1. The van der Waals surface area contributed by atoms with E-state index in [0.29, 0.717) is 11.5 Å². The molecule has 1 aliphatic rings. The second-order valence-corrected chi connectivity index (χ2v) is 5.60. The maximum Gasteiger partial charge on any atom is 0.237 e. The molecule has 2 heterocycles. The Balaban J connectivity index is 1.92. The van der Waals surface area contributed by atoms with Crippen molar-refractivity contribution in [2.75, 3.05) is 6.54 Å². The summed E-state index contributed by atoms with van der Waals surface area (Å²) in [6, 6.07) is 3.43. The van der Waals surface area contributed by atoms with Gasteiger partial charge in [0.05, 0.1) is 29.9 Å². The number of rotatable bonds is 5. The summed E-state index contributed by atoms with van der Waals surface area (Å²) in [5, 5.41) is 2.88.